The van der Waals surface area contributed by atoms with Crippen molar-refractivity contribution in [3.8, 4) is 0 Å². The van der Waals surface area contributed by atoms with Gasteiger partial charge in [-0.1, -0.05) is 22.4 Å². The lowest BCUT2D eigenvalue weighted by atomic mass is 9.77. The van der Waals surface area contributed by atoms with E-state index in [1.807, 2.05) is 7.05 Å². The quantitative estimate of drug-likeness (QED) is 0.885. The fourth-order valence-corrected chi connectivity index (χ4v) is 2.66. The van der Waals surface area contributed by atoms with Gasteiger partial charge in [0.2, 0.25) is 0 Å². The summed E-state index contributed by atoms with van der Waals surface area (Å²) in [6.45, 7) is 0. The molecule has 1 atom stereocenters. The lowest BCUT2D eigenvalue weighted by molar-refractivity contribution is 0.238. The van der Waals surface area contributed by atoms with Crippen molar-refractivity contribution >= 4 is 15.9 Å². The third kappa shape index (κ3) is 2.23. The Bertz CT molecular complexity index is 349. The fraction of sp³-hybridized carbons (Fsp3) is 0.500. The van der Waals surface area contributed by atoms with Gasteiger partial charge < -0.3 is 5.32 Å². The maximum Gasteiger partial charge on any atom is 0.123 e. The predicted molar refractivity (Wildman–Crippen MR) is 63.2 cm³/mol. The van der Waals surface area contributed by atoms with E-state index in [0.29, 0.717) is 5.92 Å². The summed E-state index contributed by atoms with van der Waals surface area (Å²) >= 11 is 3.49. The molecule has 0 radical (unpaired) electrons. The third-order valence-corrected chi connectivity index (χ3v) is 3.95. The molecule has 0 aromatic heterocycles. The number of hydrogen-bond acceptors (Lipinski definition) is 1. The molecule has 1 unspecified atom stereocenters. The highest BCUT2D eigenvalue weighted by Crippen LogP contribution is 2.39. The molecule has 1 aliphatic carbocycles. The number of nitrogens with one attached hydrogen (secondary N) is 1. The van der Waals surface area contributed by atoms with Crippen LogP contribution < -0.4 is 5.32 Å². The first-order valence-electron chi connectivity index (χ1n) is 5.34. The Morgan fingerprint density at radius 2 is 2.20 bits per heavy atom. The standard InChI is InChI=1S/C12H15BrFN/c1-15-12(8-3-2-4-8)10-7-9(14)5-6-11(10)13/h5-8,12,15H,2-4H2,1H3. The zero-order valence-corrected chi connectivity index (χ0v) is 10.3. The zero-order chi connectivity index (χ0) is 10.8. The van der Waals surface area contributed by atoms with Crippen molar-refractivity contribution in [3.05, 3.63) is 34.1 Å². The lowest BCUT2D eigenvalue weighted by Gasteiger charge is -2.34. The maximum absolute atomic E-state index is 13.2. The van der Waals surface area contributed by atoms with Gasteiger partial charge in [0, 0.05) is 10.5 Å². The van der Waals surface area contributed by atoms with Gasteiger partial charge in [-0.3, -0.25) is 0 Å². The molecule has 15 heavy (non-hydrogen) atoms. The summed E-state index contributed by atoms with van der Waals surface area (Å²) < 4.78 is 14.2. The van der Waals surface area contributed by atoms with Crippen molar-refractivity contribution in [2.75, 3.05) is 7.05 Å². The first-order chi connectivity index (χ1) is 7.22. The van der Waals surface area contributed by atoms with E-state index in [2.05, 4.69) is 21.2 Å². The van der Waals surface area contributed by atoms with Gasteiger partial charge in [-0.25, -0.2) is 4.39 Å². The molecule has 1 fully saturated rings. The minimum Gasteiger partial charge on any atom is -0.313 e. The van der Waals surface area contributed by atoms with Crippen LogP contribution in [0.15, 0.2) is 22.7 Å². The number of rotatable bonds is 3. The monoisotopic (exact) mass is 271 g/mol. The Morgan fingerprint density at radius 1 is 1.47 bits per heavy atom. The van der Waals surface area contributed by atoms with E-state index in [0.717, 1.165) is 10.0 Å². The van der Waals surface area contributed by atoms with Crippen LogP contribution in [0, 0.1) is 11.7 Å². The van der Waals surface area contributed by atoms with Crippen molar-refractivity contribution in [1.29, 1.82) is 0 Å². The molecule has 1 aliphatic rings. The molecular formula is C12H15BrFN. The topological polar surface area (TPSA) is 12.0 Å². The van der Waals surface area contributed by atoms with Gasteiger partial charge in [0.05, 0.1) is 0 Å². The molecule has 0 aliphatic heterocycles. The molecule has 2 rings (SSSR count). The minimum atomic E-state index is -0.159. The summed E-state index contributed by atoms with van der Waals surface area (Å²) in [7, 11) is 1.94. The first kappa shape index (κ1) is 11.1. The molecule has 0 saturated heterocycles. The Hall–Kier alpha value is -0.410. The van der Waals surface area contributed by atoms with Gasteiger partial charge >= 0.3 is 0 Å². The van der Waals surface area contributed by atoms with Crippen molar-refractivity contribution in [3.63, 3.8) is 0 Å². The van der Waals surface area contributed by atoms with Gasteiger partial charge in [0.15, 0.2) is 0 Å². The summed E-state index contributed by atoms with van der Waals surface area (Å²) in [6, 6.07) is 5.18. The molecule has 1 saturated carbocycles. The minimum absolute atomic E-state index is 0.159. The lowest BCUT2D eigenvalue weighted by Crippen LogP contribution is -2.30. The fourth-order valence-electron chi connectivity index (χ4n) is 2.17. The highest BCUT2D eigenvalue weighted by molar-refractivity contribution is 9.10. The summed E-state index contributed by atoms with van der Waals surface area (Å²) in [5.41, 5.74) is 1.04. The molecule has 82 valence electrons. The second-order valence-corrected chi connectivity index (χ2v) is 4.98. The van der Waals surface area contributed by atoms with Crippen LogP contribution in [-0.2, 0) is 0 Å². The van der Waals surface area contributed by atoms with Gasteiger partial charge in [-0.15, -0.1) is 0 Å². The molecule has 1 N–H and O–H groups in total. The second kappa shape index (κ2) is 4.62. The molecule has 0 heterocycles. The molecule has 0 amide bonds. The van der Waals surface area contributed by atoms with Crippen LogP contribution in [-0.4, -0.2) is 7.05 Å². The van der Waals surface area contributed by atoms with Crippen LogP contribution in [0.2, 0.25) is 0 Å². The van der Waals surface area contributed by atoms with Crippen LogP contribution in [0.4, 0.5) is 4.39 Å². The number of benzene rings is 1. The first-order valence-corrected chi connectivity index (χ1v) is 6.14. The van der Waals surface area contributed by atoms with Crippen molar-refractivity contribution in [2.24, 2.45) is 5.92 Å². The number of halogens is 2. The molecule has 0 spiro atoms. The van der Waals surface area contributed by atoms with Gasteiger partial charge in [0.25, 0.3) is 0 Å². The Morgan fingerprint density at radius 3 is 2.73 bits per heavy atom. The molecule has 0 bridgehead atoms. The predicted octanol–water partition coefficient (Wildman–Crippen LogP) is 3.65. The highest BCUT2D eigenvalue weighted by Gasteiger charge is 2.28. The molecule has 1 nitrogen and oxygen atoms in total. The average Bonchev–Trinajstić information content (AvgIpc) is 2.15. The van der Waals surface area contributed by atoms with E-state index in [1.165, 1.54) is 25.3 Å². The second-order valence-electron chi connectivity index (χ2n) is 4.12. The van der Waals surface area contributed by atoms with Crippen LogP contribution in [0.1, 0.15) is 30.9 Å². The van der Waals surface area contributed by atoms with Gasteiger partial charge in [0.1, 0.15) is 5.82 Å². The van der Waals surface area contributed by atoms with E-state index in [4.69, 9.17) is 0 Å². The summed E-state index contributed by atoms with van der Waals surface area (Å²) in [5.74, 6) is 0.501. The summed E-state index contributed by atoms with van der Waals surface area (Å²) in [6.07, 6.45) is 3.79. The van der Waals surface area contributed by atoms with E-state index >= 15 is 0 Å². The third-order valence-electron chi connectivity index (χ3n) is 3.23. The Kier molecular flexibility index (Phi) is 3.42. The van der Waals surface area contributed by atoms with Crippen molar-refractivity contribution in [2.45, 2.75) is 25.3 Å². The Balaban J connectivity index is 2.28. The van der Waals surface area contributed by atoms with Crippen molar-refractivity contribution in [1.82, 2.24) is 5.32 Å². The van der Waals surface area contributed by atoms with E-state index in [9.17, 15) is 4.39 Å². The average molecular weight is 272 g/mol. The van der Waals surface area contributed by atoms with Crippen LogP contribution in [0.3, 0.4) is 0 Å². The van der Waals surface area contributed by atoms with Crippen LogP contribution >= 0.6 is 15.9 Å². The van der Waals surface area contributed by atoms with E-state index in [-0.39, 0.29) is 11.9 Å². The number of hydrogen-bond donors (Lipinski definition) is 1. The van der Waals surface area contributed by atoms with Gasteiger partial charge in [-0.05, 0) is 49.6 Å². The molecule has 1 aromatic carbocycles. The smallest absolute Gasteiger partial charge is 0.123 e. The van der Waals surface area contributed by atoms with Crippen LogP contribution in [0.5, 0.6) is 0 Å². The normalized spacial score (nSPS) is 18.6. The van der Waals surface area contributed by atoms with Crippen molar-refractivity contribution < 1.29 is 4.39 Å². The summed E-state index contributed by atoms with van der Waals surface area (Å²) in [5, 5.41) is 3.29. The SMILES string of the molecule is CNC(c1cc(F)ccc1Br)C1CCC1. The molecule has 3 heteroatoms. The van der Waals surface area contributed by atoms with E-state index < -0.39 is 0 Å². The highest BCUT2D eigenvalue weighted by atomic mass is 79.9. The molecular weight excluding hydrogens is 257 g/mol. The van der Waals surface area contributed by atoms with Gasteiger partial charge in [-0.2, -0.15) is 0 Å². The molecule has 1 aromatic rings. The maximum atomic E-state index is 13.2. The largest absolute Gasteiger partial charge is 0.313 e. The zero-order valence-electron chi connectivity index (χ0n) is 8.76. The van der Waals surface area contributed by atoms with E-state index in [1.54, 1.807) is 12.1 Å². The van der Waals surface area contributed by atoms with Crippen LogP contribution in [0.25, 0.3) is 0 Å². The summed E-state index contributed by atoms with van der Waals surface area (Å²) in [4.78, 5) is 0. The Labute approximate surface area is 98.2 Å².